The van der Waals surface area contributed by atoms with Gasteiger partial charge in [-0.1, -0.05) is 195 Å². The van der Waals surface area contributed by atoms with Crippen LogP contribution in [0.15, 0.2) is 0 Å². The lowest BCUT2D eigenvalue weighted by Gasteiger charge is -2.18. The van der Waals surface area contributed by atoms with Gasteiger partial charge >= 0.3 is 17.9 Å². The van der Waals surface area contributed by atoms with E-state index >= 15 is 0 Å². The van der Waals surface area contributed by atoms with Crippen LogP contribution in [0.5, 0.6) is 0 Å². The Balaban J connectivity index is 4.17. The minimum atomic E-state index is -0.757. The van der Waals surface area contributed by atoms with Crippen molar-refractivity contribution in [2.24, 2.45) is 5.92 Å². The van der Waals surface area contributed by atoms with E-state index in [1.165, 1.54) is 122 Å². The fraction of sp³-hybridized carbons (Fsp3) is 0.930. The topological polar surface area (TPSA) is 78.9 Å². The van der Waals surface area contributed by atoms with Gasteiger partial charge in [0, 0.05) is 19.3 Å². The lowest BCUT2D eigenvalue weighted by Crippen LogP contribution is -2.30. The number of hydrogen-bond acceptors (Lipinski definition) is 6. The summed E-state index contributed by atoms with van der Waals surface area (Å²) >= 11 is 0. The minimum Gasteiger partial charge on any atom is -0.462 e. The van der Waals surface area contributed by atoms with Gasteiger partial charge in [0.2, 0.25) is 0 Å². The minimum absolute atomic E-state index is 0.0659. The molecule has 0 bridgehead atoms. The Kier molecular flexibility index (Phi) is 36.4. The first-order chi connectivity index (χ1) is 23.9. The molecule has 0 aromatic heterocycles. The first-order valence-electron chi connectivity index (χ1n) is 21.4. The molecule has 0 saturated carbocycles. The third-order valence-electron chi connectivity index (χ3n) is 9.54. The van der Waals surface area contributed by atoms with Crippen LogP contribution in [0.3, 0.4) is 0 Å². The van der Waals surface area contributed by atoms with E-state index in [-0.39, 0.29) is 31.1 Å². The Bertz CT molecular complexity index is 736. The number of ether oxygens (including phenoxy) is 3. The van der Waals surface area contributed by atoms with Crippen LogP contribution in [0.1, 0.15) is 233 Å². The molecule has 0 heterocycles. The molecule has 0 unspecified atom stereocenters. The van der Waals surface area contributed by atoms with Crippen molar-refractivity contribution in [2.75, 3.05) is 13.2 Å². The molecule has 0 radical (unpaired) electrons. The molecule has 0 spiro atoms. The van der Waals surface area contributed by atoms with Gasteiger partial charge in [-0.25, -0.2) is 0 Å². The quantitative estimate of drug-likeness (QED) is 0.0364. The maximum atomic E-state index is 12.6. The van der Waals surface area contributed by atoms with Gasteiger partial charge in [-0.3, -0.25) is 14.4 Å². The van der Waals surface area contributed by atoms with E-state index < -0.39 is 6.10 Å². The highest BCUT2D eigenvalue weighted by Crippen LogP contribution is 2.16. The summed E-state index contributed by atoms with van der Waals surface area (Å²) in [5.74, 6) is -0.0972. The smallest absolute Gasteiger partial charge is 0.306 e. The molecule has 0 saturated heterocycles. The second-order valence-electron chi connectivity index (χ2n) is 15.1. The Labute approximate surface area is 304 Å². The van der Waals surface area contributed by atoms with Crippen molar-refractivity contribution in [1.29, 1.82) is 0 Å². The van der Waals surface area contributed by atoms with Crippen molar-refractivity contribution in [2.45, 2.75) is 239 Å². The van der Waals surface area contributed by atoms with Crippen molar-refractivity contribution in [3.8, 4) is 0 Å². The largest absolute Gasteiger partial charge is 0.462 e. The maximum Gasteiger partial charge on any atom is 0.306 e. The highest BCUT2D eigenvalue weighted by Gasteiger charge is 2.19. The van der Waals surface area contributed by atoms with Crippen LogP contribution in [0.4, 0.5) is 0 Å². The highest BCUT2D eigenvalue weighted by atomic mass is 16.6. The normalized spacial score (nSPS) is 11.9. The number of esters is 3. The summed E-state index contributed by atoms with van der Waals surface area (Å²) in [7, 11) is 0. The number of carbonyl (C=O) groups excluding carboxylic acids is 3. The summed E-state index contributed by atoms with van der Waals surface area (Å²) in [6.45, 7) is 8.85. The standard InChI is InChI=1S/C43H82O6/c1-5-7-9-11-12-13-14-15-16-17-18-19-20-23-27-31-35-42(45)48-38-40(37-47-41(44)34-30-25-10-8-6-2)49-43(46)36-32-28-24-21-22-26-29-33-39(3)4/h39-40H,5-38H2,1-4H3/t40-/m0/s1. The van der Waals surface area contributed by atoms with E-state index in [0.717, 1.165) is 70.1 Å². The summed E-state index contributed by atoms with van der Waals surface area (Å²) in [4.78, 5) is 37.3. The number of hydrogen-bond donors (Lipinski definition) is 0. The zero-order valence-corrected chi connectivity index (χ0v) is 33.1. The van der Waals surface area contributed by atoms with Gasteiger partial charge in [-0.2, -0.15) is 0 Å². The zero-order valence-electron chi connectivity index (χ0n) is 33.1. The highest BCUT2D eigenvalue weighted by molar-refractivity contribution is 5.71. The predicted molar refractivity (Wildman–Crippen MR) is 206 cm³/mol. The fourth-order valence-corrected chi connectivity index (χ4v) is 6.27. The lowest BCUT2D eigenvalue weighted by atomic mass is 10.0. The van der Waals surface area contributed by atoms with Crippen LogP contribution in [-0.4, -0.2) is 37.2 Å². The molecule has 49 heavy (non-hydrogen) atoms. The molecule has 0 aromatic rings. The first-order valence-corrected chi connectivity index (χ1v) is 21.4. The molecular weight excluding hydrogens is 612 g/mol. The van der Waals surface area contributed by atoms with E-state index in [1.807, 2.05) is 0 Å². The van der Waals surface area contributed by atoms with Gasteiger partial charge in [0.05, 0.1) is 0 Å². The van der Waals surface area contributed by atoms with Gasteiger partial charge < -0.3 is 14.2 Å². The zero-order chi connectivity index (χ0) is 36.0. The van der Waals surface area contributed by atoms with Crippen molar-refractivity contribution < 1.29 is 28.6 Å². The molecule has 0 N–H and O–H groups in total. The Morgan fingerprint density at radius 1 is 0.388 bits per heavy atom. The molecule has 0 aliphatic rings. The van der Waals surface area contributed by atoms with Crippen LogP contribution in [0.2, 0.25) is 0 Å². The predicted octanol–water partition coefficient (Wildman–Crippen LogP) is 13.2. The summed E-state index contributed by atoms with van der Waals surface area (Å²) in [6.07, 6.45) is 35.5. The van der Waals surface area contributed by atoms with E-state index in [4.69, 9.17) is 14.2 Å². The summed E-state index contributed by atoms with van der Waals surface area (Å²) in [6, 6.07) is 0. The van der Waals surface area contributed by atoms with E-state index in [9.17, 15) is 14.4 Å². The van der Waals surface area contributed by atoms with Crippen molar-refractivity contribution >= 4 is 17.9 Å². The van der Waals surface area contributed by atoms with Gasteiger partial charge in [-0.15, -0.1) is 0 Å². The van der Waals surface area contributed by atoms with Crippen LogP contribution in [0.25, 0.3) is 0 Å². The van der Waals surface area contributed by atoms with Crippen LogP contribution in [0, 0.1) is 5.92 Å². The number of unbranched alkanes of at least 4 members (excludes halogenated alkanes) is 25. The molecule has 0 fully saturated rings. The lowest BCUT2D eigenvalue weighted by molar-refractivity contribution is -0.167. The first kappa shape index (κ1) is 47.4. The molecule has 0 rings (SSSR count). The molecule has 6 heteroatoms. The Hall–Kier alpha value is -1.59. The average molecular weight is 695 g/mol. The van der Waals surface area contributed by atoms with Gasteiger partial charge in [-0.05, 0) is 25.2 Å². The molecule has 0 aliphatic heterocycles. The van der Waals surface area contributed by atoms with Crippen LogP contribution in [-0.2, 0) is 28.6 Å². The third kappa shape index (κ3) is 37.5. The van der Waals surface area contributed by atoms with Gasteiger partial charge in [0.15, 0.2) is 6.10 Å². The molecule has 1 atom stereocenters. The summed E-state index contributed by atoms with van der Waals surface area (Å²) in [5, 5.41) is 0. The fourth-order valence-electron chi connectivity index (χ4n) is 6.27. The summed E-state index contributed by atoms with van der Waals surface area (Å²) in [5.41, 5.74) is 0. The van der Waals surface area contributed by atoms with E-state index in [0.29, 0.717) is 19.3 Å². The monoisotopic (exact) mass is 695 g/mol. The third-order valence-corrected chi connectivity index (χ3v) is 9.54. The van der Waals surface area contributed by atoms with E-state index in [1.54, 1.807) is 0 Å². The van der Waals surface area contributed by atoms with Crippen LogP contribution < -0.4 is 0 Å². The molecule has 6 nitrogen and oxygen atoms in total. The molecule has 290 valence electrons. The molecular formula is C43H82O6. The van der Waals surface area contributed by atoms with Crippen LogP contribution >= 0.6 is 0 Å². The van der Waals surface area contributed by atoms with Crippen molar-refractivity contribution in [3.05, 3.63) is 0 Å². The second kappa shape index (κ2) is 37.7. The number of carbonyl (C=O) groups is 3. The summed E-state index contributed by atoms with van der Waals surface area (Å²) < 4.78 is 16.6. The van der Waals surface area contributed by atoms with Gasteiger partial charge in [0.1, 0.15) is 13.2 Å². The second-order valence-corrected chi connectivity index (χ2v) is 15.1. The Morgan fingerprint density at radius 2 is 0.673 bits per heavy atom. The number of rotatable bonds is 38. The van der Waals surface area contributed by atoms with Crippen molar-refractivity contribution in [1.82, 2.24) is 0 Å². The van der Waals surface area contributed by atoms with E-state index in [2.05, 4.69) is 27.7 Å². The maximum absolute atomic E-state index is 12.6. The SMILES string of the molecule is CCCCCCCCCCCCCCCCCCC(=O)OC[C@H](COC(=O)CCCCCCC)OC(=O)CCCCCCCCCC(C)C. The molecule has 0 aromatic carbocycles. The molecule has 0 amide bonds. The van der Waals surface area contributed by atoms with Crippen molar-refractivity contribution in [3.63, 3.8) is 0 Å². The van der Waals surface area contributed by atoms with Gasteiger partial charge in [0.25, 0.3) is 0 Å². The average Bonchev–Trinajstić information content (AvgIpc) is 3.08. The molecule has 0 aliphatic carbocycles. The Morgan fingerprint density at radius 3 is 1.00 bits per heavy atom.